The molecular formula is C34H31N3O. The van der Waals surface area contributed by atoms with Crippen LogP contribution in [0.25, 0.3) is 44.2 Å². The van der Waals surface area contributed by atoms with Gasteiger partial charge in [0.05, 0.1) is 19.0 Å². The molecule has 6 aromatic rings. The number of pyridine rings is 1. The van der Waals surface area contributed by atoms with Crippen LogP contribution in [-0.2, 0) is 12.0 Å². The maximum absolute atomic E-state index is 5.81. The summed E-state index contributed by atoms with van der Waals surface area (Å²) in [5.74, 6) is 0.879. The Labute approximate surface area is 223 Å². The summed E-state index contributed by atoms with van der Waals surface area (Å²) in [6.45, 7) is 7.48. The SMILES string of the molecule is COc1ccc(C(C)(C)C)cc1-c1ccc(-c2cnc3ncn(Cc4ccccc4)c3c2)c2ccccc12. The van der Waals surface area contributed by atoms with Crippen molar-refractivity contribution in [3.8, 4) is 28.0 Å². The van der Waals surface area contributed by atoms with Crippen molar-refractivity contribution in [2.45, 2.75) is 32.7 Å². The molecule has 4 heteroatoms. The Morgan fingerprint density at radius 1 is 0.737 bits per heavy atom. The number of ether oxygens (including phenoxy) is 1. The van der Waals surface area contributed by atoms with E-state index >= 15 is 0 Å². The van der Waals surface area contributed by atoms with E-state index in [0.29, 0.717) is 0 Å². The fourth-order valence-corrected chi connectivity index (χ4v) is 5.17. The highest BCUT2D eigenvalue weighted by atomic mass is 16.5. The minimum Gasteiger partial charge on any atom is -0.496 e. The van der Waals surface area contributed by atoms with Crippen LogP contribution in [0.2, 0.25) is 0 Å². The molecule has 2 aromatic heterocycles. The molecule has 0 saturated carbocycles. The van der Waals surface area contributed by atoms with Crippen molar-refractivity contribution in [1.82, 2.24) is 14.5 Å². The molecule has 0 bridgehead atoms. The molecule has 0 fully saturated rings. The second kappa shape index (κ2) is 9.46. The van der Waals surface area contributed by atoms with E-state index in [1.807, 2.05) is 18.6 Å². The maximum Gasteiger partial charge on any atom is 0.177 e. The van der Waals surface area contributed by atoms with E-state index in [0.717, 1.165) is 45.7 Å². The molecule has 0 saturated heterocycles. The van der Waals surface area contributed by atoms with Crippen LogP contribution in [0.4, 0.5) is 0 Å². The van der Waals surface area contributed by atoms with Gasteiger partial charge < -0.3 is 9.30 Å². The number of benzene rings is 4. The zero-order chi connectivity index (χ0) is 26.3. The van der Waals surface area contributed by atoms with E-state index in [4.69, 9.17) is 9.72 Å². The van der Waals surface area contributed by atoms with Gasteiger partial charge in [0.25, 0.3) is 0 Å². The Kier molecular flexibility index (Phi) is 5.96. The smallest absolute Gasteiger partial charge is 0.177 e. The Balaban J connectivity index is 1.49. The molecule has 188 valence electrons. The highest BCUT2D eigenvalue weighted by molar-refractivity contribution is 6.06. The predicted molar refractivity (Wildman–Crippen MR) is 157 cm³/mol. The lowest BCUT2D eigenvalue weighted by molar-refractivity contribution is 0.416. The molecule has 0 amide bonds. The number of methoxy groups -OCH3 is 1. The standard InChI is InChI=1S/C34H31N3O/c1-34(2,3)25-14-17-32(38-4)30(19-25)29-16-15-26(27-12-8-9-13-28(27)29)24-18-31-33(35-20-24)36-22-37(31)21-23-10-6-5-7-11-23/h5-20,22H,21H2,1-4H3. The summed E-state index contributed by atoms with van der Waals surface area (Å²) in [6.07, 6.45) is 3.81. The number of imidazole rings is 1. The lowest BCUT2D eigenvalue weighted by atomic mass is 9.84. The Bertz CT molecular complexity index is 1760. The fraction of sp³-hybridized carbons (Fsp3) is 0.176. The first-order chi connectivity index (χ1) is 18.4. The van der Waals surface area contributed by atoms with Gasteiger partial charge in [-0.1, -0.05) is 93.6 Å². The number of nitrogens with zero attached hydrogens (tertiary/aromatic N) is 3. The average molecular weight is 498 g/mol. The van der Waals surface area contributed by atoms with Crippen LogP contribution < -0.4 is 4.74 Å². The predicted octanol–water partition coefficient (Wildman–Crippen LogP) is 8.27. The molecule has 0 aliphatic heterocycles. The molecule has 4 nitrogen and oxygen atoms in total. The molecule has 0 unspecified atom stereocenters. The molecule has 0 N–H and O–H groups in total. The van der Waals surface area contributed by atoms with Crippen LogP contribution in [-0.4, -0.2) is 21.6 Å². The van der Waals surface area contributed by atoms with E-state index in [9.17, 15) is 0 Å². The normalized spacial score (nSPS) is 11.8. The number of hydrogen-bond acceptors (Lipinski definition) is 3. The van der Waals surface area contributed by atoms with Gasteiger partial charge in [0.2, 0.25) is 0 Å². The highest BCUT2D eigenvalue weighted by Crippen LogP contribution is 2.41. The minimum absolute atomic E-state index is 0.0422. The van der Waals surface area contributed by atoms with Gasteiger partial charge in [-0.25, -0.2) is 9.97 Å². The zero-order valence-corrected chi connectivity index (χ0v) is 22.3. The summed E-state index contributed by atoms with van der Waals surface area (Å²) in [6, 6.07) is 32.2. The van der Waals surface area contributed by atoms with Gasteiger partial charge in [-0.2, -0.15) is 0 Å². The molecular weight excluding hydrogens is 466 g/mol. The minimum atomic E-state index is 0.0422. The van der Waals surface area contributed by atoms with E-state index in [1.165, 1.54) is 21.9 Å². The van der Waals surface area contributed by atoms with E-state index in [2.05, 4.69) is 115 Å². The van der Waals surface area contributed by atoms with Gasteiger partial charge >= 0.3 is 0 Å². The number of aromatic nitrogens is 3. The van der Waals surface area contributed by atoms with Crippen LogP contribution in [0.15, 0.2) is 104 Å². The summed E-state index contributed by atoms with van der Waals surface area (Å²) in [7, 11) is 1.74. The Hall–Kier alpha value is -4.44. The van der Waals surface area contributed by atoms with Gasteiger partial charge in [-0.05, 0) is 56.6 Å². The zero-order valence-electron chi connectivity index (χ0n) is 22.3. The van der Waals surface area contributed by atoms with Gasteiger partial charge in [0, 0.05) is 23.9 Å². The molecule has 6 rings (SSSR count). The molecule has 0 aliphatic carbocycles. The third kappa shape index (κ3) is 4.32. The molecule has 0 atom stereocenters. The third-order valence-electron chi connectivity index (χ3n) is 7.26. The van der Waals surface area contributed by atoms with Crippen LogP contribution >= 0.6 is 0 Å². The van der Waals surface area contributed by atoms with Crippen molar-refractivity contribution in [2.24, 2.45) is 0 Å². The largest absolute Gasteiger partial charge is 0.496 e. The fourth-order valence-electron chi connectivity index (χ4n) is 5.17. The summed E-state index contributed by atoms with van der Waals surface area (Å²) >= 11 is 0. The van der Waals surface area contributed by atoms with E-state index in [-0.39, 0.29) is 5.41 Å². The lowest BCUT2D eigenvalue weighted by Crippen LogP contribution is -2.11. The summed E-state index contributed by atoms with van der Waals surface area (Å²) < 4.78 is 7.98. The van der Waals surface area contributed by atoms with Gasteiger partial charge in [0.1, 0.15) is 5.75 Å². The quantitative estimate of drug-likeness (QED) is 0.241. The first kappa shape index (κ1) is 23.9. The molecule has 4 aromatic carbocycles. The van der Waals surface area contributed by atoms with Crippen molar-refractivity contribution in [1.29, 1.82) is 0 Å². The van der Waals surface area contributed by atoms with Gasteiger partial charge in [-0.15, -0.1) is 0 Å². The molecule has 2 heterocycles. The van der Waals surface area contributed by atoms with E-state index < -0.39 is 0 Å². The molecule has 0 radical (unpaired) electrons. The average Bonchev–Trinajstić information content (AvgIpc) is 3.34. The van der Waals surface area contributed by atoms with E-state index in [1.54, 1.807) is 7.11 Å². The van der Waals surface area contributed by atoms with Crippen molar-refractivity contribution < 1.29 is 4.74 Å². The second-order valence-electron chi connectivity index (χ2n) is 10.8. The number of hydrogen-bond donors (Lipinski definition) is 0. The monoisotopic (exact) mass is 497 g/mol. The van der Waals surface area contributed by atoms with Crippen LogP contribution in [0, 0.1) is 0 Å². The first-order valence-electron chi connectivity index (χ1n) is 13.0. The lowest BCUT2D eigenvalue weighted by Gasteiger charge is -2.22. The van der Waals surface area contributed by atoms with Crippen molar-refractivity contribution in [3.05, 3.63) is 115 Å². The molecule has 0 spiro atoms. The molecule has 38 heavy (non-hydrogen) atoms. The highest BCUT2D eigenvalue weighted by Gasteiger charge is 2.19. The summed E-state index contributed by atoms with van der Waals surface area (Å²) in [5.41, 5.74) is 8.84. The Morgan fingerprint density at radius 2 is 1.45 bits per heavy atom. The van der Waals surface area contributed by atoms with Crippen molar-refractivity contribution >= 4 is 21.9 Å². The van der Waals surface area contributed by atoms with Gasteiger partial charge in [0.15, 0.2) is 5.65 Å². The second-order valence-corrected chi connectivity index (χ2v) is 10.8. The summed E-state index contributed by atoms with van der Waals surface area (Å²) in [4.78, 5) is 9.27. The van der Waals surface area contributed by atoms with Gasteiger partial charge in [-0.3, -0.25) is 0 Å². The van der Waals surface area contributed by atoms with Crippen molar-refractivity contribution in [3.63, 3.8) is 0 Å². The number of fused-ring (bicyclic) bond motifs is 2. The Morgan fingerprint density at radius 3 is 2.18 bits per heavy atom. The maximum atomic E-state index is 5.81. The van der Waals surface area contributed by atoms with Crippen LogP contribution in [0.3, 0.4) is 0 Å². The summed E-state index contributed by atoms with van der Waals surface area (Å²) in [5, 5.41) is 2.37. The number of rotatable bonds is 5. The third-order valence-corrected chi connectivity index (χ3v) is 7.26. The first-order valence-corrected chi connectivity index (χ1v) is 13.0. The topological polar surface area (TPSA) is 39.9 Å². The van der Waals surface area contributed by atoms with Crippen LogP contribution in [0.1, 0.15) is 31.9 Å². The molecule has 0 aliphatic rings. The van der Waals surface area contributed by atoms with Crippen molar-refractivity contribution in [2.75, 3.05) is 7.11 Å². The van der Waals surface area contributed by atoms with Crippen LogP contribution in [0.5, 0.6) is 5.75 Å².